The van der Waals surface area contributed by atoms with Crippen LogP contribution in [-0.2, 0) is 14.4 Å². The Kier molecular flexibility index (Phi) is 7.04. The monoisotopic (exact) mass is 506 g/mol. The van der Waals surface area contributed by atoms with E-state index >= 15 is 0 Å². The third-order valence-electron chi connectivity index (χ3n) is 7.82. The fourth-order valence-electron chi connectivity index (χ4n) is 6.04. The summed E-state index contributed by atoms with van der Waals surface area (Å²) in [6.07, 6.45) is 3.58. The van der Waals surface area contributed by atoms with Crippen molar-refractivity contribution in [1.82, 2.24) is 4.90 Å². The van der Waals surface area contributed by atoms with E-state index in [1.54, 1.807) is 35.2 Å². The van der Waals surface area contributed by atoms with Gasteiger partial charge in [-0.15, -0.1) is 18.3 Å². The number of aliphatic hydroxyl groups is 1. The maximum absolute atomic E-state index is 14.3. The van der Waals surface area contributed by atoms with Gasteiger partial charge in [0.2, 0.25) is 5.91 Å². The lowest BCUT2D eigenvalue weighted by molar-refractivity contribution is -0.149. The van der Waals surface area contributed by atoms with Crippen LogP contribution in [0, 0.1) is 17.8 Å². The predicted molar refractivity (Wildman–Crippen MR) is 133 cm³/mol. The van der Waals surface area contributed by atoms with Crippen LogP contribution in [-0.4, -0.2) is 68.1 Å². The van der Waals surface area contributed by atoms with E-state index in [9.17, 15) is 24.6 Å². The minimum atomic E-state index is -0.991. The quantitative estimate of drug-likeness (QED) is 0.498. The van der Waals surface area contributed by atoms with Crippen molar-refractivity contribution in [2.75, 3.05) is 18.1 Å². The molecule has 184 valence electrons. The van der Waals surface area contributed by atoms with Crippen molar-refractivity contribution in [1.29, 1.82) is 0 Å². The molecule has 4 rings (SSSR count). The molecule has 34 heavy (non-hydrogen) atoms. The number of halogens is 1. The zero-order chi connectivity index (χ0) is 24.8. The second-order valence-electron chi connectivity index (χ2n) is 9.49. The van der Waals surface area contributed by atoms with Gasteiger partial charge in [-0.25, -0.2) is 0 Å². The number of amides is 2. The molecule has 1 aromatic carbocycles. The average molecular weight is 507 g/mol. The van der Waals surface area contributed by atoms with Gasteiger partial charge in [-0.1, -0.05) is 37.9 Å². The van der Waals surface area contributed by atoms with E-state index in [-0.39, 0.29) is 36.1 Å². The molecule has 0 aliphatic carbocycles. The largest absolute Gasteiger partial charge is 0.481 e. The summed E-state index contributed by atoms with van der Waals surface area (Å²) in [6, 6.07) is 5.45. The number of aliphatic carboxylic acids is 1. The van der Waals surface area contributed by atoms with Crippen LogP contribution in [0.5, 0.6) is 0 Å². The lowest BCUT2D eigenvalue weighted by atomic mass is 9.71. The number of likely N-dealkylation sites (tertiary alicyclic amines) is 1. The number of nitrogens with zero attached hydrogens (tertiary/aromatic N) is 2. The van der Waals surface area contributed by atoms with Crippen molar-refractivity contribution in [2.24, 2.45) is 17.8 Å². The number of fused-ring (bicyclic) bond motifs is 1. The topological polar surface area (TPSA) is 98.2 Å². The van der Waals surface area contributed by atoms with Gasteiger partial charge in [0.1, 0.15) is 6.04 Å². The molecule has 7 atom stereocenters. The first-order valence-electron chi connectivity index (χ1n) is 11.7. The first-order chi connectivity index (χ1) is 16.2. The van der Waals surface area contributed by atoms with Crippen LogP contribution in [0.15, 0.2) is 36.9 Å². The fraction of sp³-hybridized carbons (Fsp3) is 0.560. The Balaban J connectivity index is 1.84. The summed E-state index contributed by atoms with van der Waals surface area (Å²) >= 11 is 7.55. The number of thioether (sulfide) groups is 1. The smallest absolute Gasteiger partial charge is 0.308 e. The number of carboxylic acid groups (broad SMARTS) is 1. The molecule has 3 aliphatic rings. The Morgan fingerprint density at radius 1 is 1.38 bits per heavy atom. The normalized spacial score (nSPS) is 31.3. The highest BCUT2D eigenvalue weighted by atomic mass is 35.5. The van der Waals surface area contributed by atoms with Crippen molar-refractivity contribution < 1.29 is 24.6 Å². The summed E-state index contributed by atoms with van der Waals surface area (Å²) in [5, 5.41) is 20.7. The van der Waals surface area contributed by atoms with Gasteiger partial charge in [-0.2, -0.15) is 0 Å². The Labute approximate surface area is 209 Å². The number of anilines is 1. The van der Waals surface area contributed by atoms with E-state index in [4.69, 9.17) is 11.6 Å². The molecular formula is C25H31ClN2O5S. The first-order valence-corrected chi connectivity index (χ1v) is 13.0. The number of carbonyl (C=O) groups is 3. The van der Waals surface area contributed by atoms with Crippen LogP contribution in [0.25, 0.3) is 0 Å². The molecule has 2 N–H and O–H groups in total. The van der Waals surface area contributed by atoms with Crippen LogP contribution in [0.3, 0.4) is 0 Å². The maximum atomic E-state index is 14.3. The zero-order valence-electron chi connectivity index (χ0n) is 19.4. The Hall–Kier alpha value is -2.03. The molecule has 2 bridgehead atoms. The average Bonchev–Trinajstić information content (AvgIpc) is 3.46. The molecule has 0 aromatic heterocycles. The highest BCUT2D eigenvalue weighted by Crippen LogP contribution is 2.67. The summed E-state index contributed by atoms with van der Waals surface area (Å²) in [7, 11) is 0. The van der Waals surface area contributed by atoms with Crippen molar-refractivity contribution >= 4 is 46.8 Å². The molecule has 2 unspecified atom stereocenters. The van der Waals surface area contributed by atoms with Gasteiger partial charge in [-0.05, 0) is 43.0 Å². The van der Waals surface area contributed by atoms with Gasteiger partial charge < -0.3 is 20.0 Å². The number of carbonyl (C=O) groups excluding carboxylic acids is 2. The van der Waals surface area contributed by atoms with Crippen LogP contribution < -0.4 is 4.90 Å². The fourth-order valence-corrected chi connectivity index (χ4v) is 8.36. The third kappa shape index (κ3) is 3.74. The van der Waals surface area contributed by atoms with Gasteiger partial charge in [0, 0.05) is 22.5 Å². The summed E-state index contributed by atoms with van der Waals surface area (Å²) in [5.74, 6) is -3.26. The number of aliphatic hydroxyl groups excluding tert-OH is 1. The zero-order valence-corrected chi connectivity index (χ0v) is 21.0. The van der Waals surface area contributed by atoms with Crippen LogP contribution in [0.4, 0.5) is 5.69 Å². The molecule has 1 spiro atoms. The van der Waals surface area contributed by atoms with E-state index < -0.39 is 34.6 Å². The van der Waals surface area contributed by atoms with Crippen LogP contribution in [0.1, 0.15) is 33.1 Å². The van der Waals surface area contributed by atoms with E-state index in [0.717, 1.165) is 0 Å². The van der Waals surface area contributed by atoms with Gasteiger partial charge in [0.15, 0.2) is 0 Å². The molecule has 3 fully saturated rings. The summed E-state index contributed by atoms with van der Waals surface area (Å²) in [6.45, 7) is 7.66. The maximum Gasteiger partial charge on any atom is 0.308 e. The van der Waals surface area contributed by atoms with Crippen LogP contribution >= 0.6 is 23.4 Å². The number of hydrogen-bond acceptors (Lipinski definition) is 5. The second-order valence-corrected chi connectivity index (χ2v) is 11.5. The van der Waals surface area contributed by atoms with E-state index in [1.807, 2.05) is 13.8 Å². The van der Waals surface area contributed by atoms with Gasteiger partial charge in [-0.3, -0.25) is 14.4 Å². The van der Waals surface area contributed by atoms with Crippen LogP contribution in [0.2, 0.25) is 5.02 Å². The molecule has 7 nitrogen and oxygen atoms in total. The Bertz CT molecular complexity index is 988. The Morgan fingerprint density at radius 3 is 2.62 bits per heavy atom. The summed E-state index contributed by atoms with van der Waals surface area (Å²) in [4.78, 5) is 43.6. The molecule has 3 saturated heterocycles. The molecule has 3 aliphatic heterocycles. The molecular weight excluding hydrogens is 476 g/mol. The lowest BCUT2D eigenvalue weighted by Gasteiger charge is -2.41. The van der Waals surface area contributed by atoms with E-state index in [2.05, 4.69) is 6.58 Å². The van der Waals surface area contributed by atoms with Gasteiger partial charge in [0.05, 0.1) is 29.2 Å². The summed E-state index contributed by atoms with van der Waals surface area (Å²) < 4.78 is -0.825. The van der Waals surface area contributed by atoms with Gasteiger partial charge in [0.25, 0.3) is 5.91 Å². The molecule has 3 heterocycles. The molecule has 9 heteroatoms. The van der Waals surface area contributed by atoms with E-state index in [0.29, 0.717) is 30.0 Å². The number of hydrogen-bond donors (Lipinski definition) is 2. The highest BCUT2D eigenvalue weighted by molar-refractivity contribution is 8.02. The highest BCUT2D eigenvalue weighted by Gasteiger charge is 2.74. The SMILES string of the molecule is C=CCN(C(=O)C1N([C@@H](CO)[C@@H](C)CC)C(=O)[C@@H]2[C@H](C(=O)O)[C@@H]3CCC12S3)c1ccc(Cl)cc1. The third-order valence-corrected chi connectivity index (χ3v) is 10.0. The van der Waals surface area contributed by atoms with Crippen molar-refractivity contribution in [3.05, 3.63) is 41.9 Å². The number of carboxylic acids is 1. The molecule has 1 aromatic rings. The van der Waals surface area contributed by atoms with Crippen molar-refractivity contribution in [3.63, 3.8) is 0 Å². The van der Waals surface area contributed by atoms with Crippen molar-refractivity contribution in [3.8, 4) is 0 Å². The van der Waals surface area contributed by atoms with Gasteiger partial charge >= 0.3 is 5.97 Å². The van der Waals surface area contributed by atoms with Crippen molar-refractivity contribution in [2.45, 2.75) is 55.2 Å². The van der Waals surface area contributed by atoms with E-state index in [1.165, 1.54) is 16.7 Å². The lowest BCUT2D eigenvalue weighted by Crippen LogP contribution is -2.58. The Morgan fingerprint density at radius 2 is 2.06 bits per heavy atom. The molecule has 0 radical (unpaired) electrons. The minimum Gasteiger partial charge on any atom is -0.481 e. The standard InChI is InChI=1S/C25H31ClN2O5S/c1-4-12-27(16-8-6-15(26)7-9-16)23(31)21-25-11-10-18(34-25)19(24(32)33)20(25)22(30)28(21)17(13-29)14(3)5-2/h4,6-9,14,17-21,29H,1,5,10-13H2,2-3H3,(H,32,33)/t14-,17-,18-,19+,20-,21?,25?/m0/s1. The minimum absolute atomic E-state index is 0.0617. The molecule has 0 saturated carbocycles. The molecule has 2 amide bonds. The number of benzene rings is 1. The predicted octanol–water partition coefficient (Wildman–Crippen LogP) is 3.44. The second kappa shape index (κ2) is 9.55. The first kappa shape index (κ1) is 25.1. The summed E-state index contributed by atoms with van der Waals surface area (Å²) in [5.41, 5.74) is 0.623. The number of rotatable bonds is 9.